The number of aromatic nitrogens is 5. The molecule has 6 heteroatoms. The topological polar surface area (TPSA) is 65.1 Å². The maximum atomic E-state index is 12.1. The molecule has 0 bridgehead atoms. The van der Waals surface area contributed by atoms with Crippen molar-refractivity contribution in [3.05, 3.63) is 59.1 Å². The van der Waals surface area contributed by atoms with E-state index in [9.17, 15) is 4.79 Å². The fourth-order valence-electron chi connectivity index (χ4n) is 2.33. The van der Waals surface area contributed by atoms with Crippen molar-refractivity contribution in [3.63, 3.8) is 0 Å². The van der Waals surface area contributed by atoms with Gasteiger partial charge in [-0.15, -0.1) is 5.10 Å². The summed E-state index contributed by atoms with van der Waals surface area (Å²) in [5.74, 6) is 1.07. The largest absolute Gasteiger partial charge is 0.318 e. The molecular weight excluding hydrogens is 266 g/mol. The third kappa shape index (κ3) is 1.73. The molecule has 0 radical (unpaired) electrons. The lowest BCUT2D eigenvalue weighted by atomic mass is 10.2. The Kier molecular flexibility index (Phi) is 2.38. The fourth-order valence-corrected chi connectivity index (χ4v) is 2.33. The molecule has 0 aliphatic heterocycles. The Morgan fingerprint density at radius 2 is 1.90 bits per heavy atom. The van der Waals surface area contributed by atoms with Gasteiger partial charge in [0.15, 0.2) is 5.82 Å². The molecule has 0 aliphatic carbocycles. The van der Waals surface area contributed by atoms with Gasteiger partial charge in [0.05, 0.1) is 10.9 Å². The monoisotopic (exact) mass is 277 g/mol. The van der Waals surface area contributed by atoms with Gasteiger partial charge in [0.25, 0.3) is 11.3 Å². The number of pyridine rings is 1. The van der Waals surface area contributed by atoms with Gasteiger partial charge in [-0.25, -0.2) is 4.98 Å². The van der Waals surface area contributed by atoms with Crippen LogP contribution in [0.2, 0.25) is 0 Å². The predicted molar refractivity (Wildman–Crippen MR) is 79.0 cm³/mol. The second-order valence-corrected chi connectivity index (χ2v) is 4.80. The first kappa shape index (κ1) is 11.8. The molecule has 0 aliphatic rings. The van der Waals surface area contributed by atoms with Crippen LogP contribution < -0.4 is 5.56 Å². The fraction of sp³-hybridized carbons (Fsp3) is 0.0667. The average Bonchev–Trinajstić information content (AvgIpc) is 2.96. The van der Waals surface area contributed by atoms with E-state index in [4.69, 9.17) is 0 Å². The van der Waals surface area contributed by atoms with Crippen LogP contribution >= 0.6 is 0 Å². The SMILES string of the molecule is Cn1ccc2c(cnc3nc(-c4ccccc4)nn32)c1=O. The number of benzene rings is 1. The van der Waals surface area contributed by atoms with Crippen molar-refractivity contribution >= 4 is 16.7 Å². The van der Waals surface area contributed by atoms with E-state index in [1.54, 1.807) is 24.0 Å². The van der Waals surface area contributed by atoms with Gasteiger partial charge in [-0.1, -0.05) is 30.3 Å². The molecule has 102 valence electrons. The quantitative estimate of drug-likeness (QED) is 0.530. The number of fused-ring (bicyclic) bond motifs is 3. The molecule has 0 N–H and O–H groups in total. The zero-order valence-electron chi connectivity index (χ0n) is 11.3. The highest BCUT2D eigenvalue weighted by Gasteiger charge is 2.11. The van der Waals surface area contributed by atoms with Crippen LogP contribution in [0.5, 0.6) is 0 Å². The smallest absolute Gasteiger partial charge is 0.261 e. The Labute approximate surface area is 119 Å². The van der Waals surface area contributed by atoms with E-state index in [2.05, 4.69) is 15.1 Å². The minimum atomic E-state index is -0.0985. The summed E-state index contributed by atoms with van der Waals surface area (Å²) in [7, 11) is 1.71. The molecule has 3 heterocycles. The summed E-state index contributed by atoms with van der Waals surface area (Å²) < 4.78 is 3.13. The van der Waals surface area contributed by atoms with Gasteiger partial charge in [0.2, 0.25) is 0 Å². The molecule has 0 spiro atoms. The van der Waals surface area contributed by atoms with Crippen LogP contribution in [0, 0.1) is 0 Å². The molecule has 0 unspecified atom stereocenters. The van der Waals surface area contributed by atoms with Crippen LogP contribution in [0.4, 0.5) is 0 Å². The van der Waals surface area contributed by atoms with Crippen molar-refractivity contribution in [2.45, 2.75) is 0 Å². The molecule has 0 atom stereocenters. The minimum absolute atomic E-state index is 0.0985. The van der Waals surface area contributed by atoms with Crippen molar-refractivity contribution in [3.8, 4) is 11.4 Å². The lowest BCUT2D eigenvalue weighted by Gasteiger charge is -2.01. The second-order valence-electron chi connectivity index (χ2n) is 4.80. The first-order chi connectivity index (χ1) is 10.2. The summed E-state index contributed by atoms with van der Waals surface area (Å²) in [6.45, 7) is 0. The summed E-state index contributed by atoms with van der Waals surface area (Å²) >= 11 is 0. The van der Waals surface area contributed by atoms with Gasteiger partial charge in [-0.05, 0) is 6.07 Å². The highest BCUT2D eigenvalue weighted by Crippen LogP contribution is 2.17. The van der Waals surface area contributed by atoms with Crippen LogP contribution in [-0.4, -0.2) is 24.1 Å². The van der Waals surface area contributed by atoms with E-state index < -0.39 is 0 Å². The summed E-state index contributed by atoms with van der Waals surface area (Å²) in [6.07, 6.45) is 3.27. The molecule has 1 aromatic carbocycles. The summed E-state index contributed by atoms with van der Waals surface area (Å²) in [5, 5.41) is 5.00. The molecule has 0 amide bonds. The summed E-state index contributed by atoms with van der Waals surface area (Å²) in [4.78, 5) is 20.8. The lowest BCUT2D eigenvalue weighted by molar-refractivity contribution is 0.865. The van der Waals surface area contributed by atoms with Crippen LogP contribution in [-0.2, 0) is 7.05 Å². The van der Waals surface area contributed by atoms with Gasteiger partial charge in [-0.2, -0.15) is 9.50 Å². The third-order valence-corrected chi connectivity index (χ3v) is 3.44. The molecule has 0 fully saturated rings. The van der Waals surface area contributed by atoms with Crippen LogP contribution in [0.15, 0.2) is 53.6 Å². The van der Waals surface area contributed by atoms with Gasteiger partial charge in [0, 0.05) is 25.0 Å². The Morgan fingerprint density at radius 1 is 1.10 bits per heavy atom. The van der Waals surface area contributed by atoms with Crippen LogP contribution in [0.3, 0.4) is 0 Å². The number of aryl methyl sites for hydroxylation is 1. The molecular formula is C15H11N5O. The van der Waals surface area contributed by atoms with Gasteiger partial charge >= 0.3 is 0 Å². The van der Waals surface area contributed by atoms with E-state index in [1.807, 2.05) is 36.4 Å². The zero-order valence-corrected chi connectivity index (χ0v) is 11.3. The van der Waals surface area contributed by atoms with Gasteiger partial charge in [0.1, 0.15) is 0 Å². The number of hydrogen-bond acceptors (Lipinski definition) is 4. The van der Waals surface area contributed by atoms with E-state index in [0.717, 1.165) is 5.56 Å². The normalized spacial score (nSPS) is 11.3. The van der Waals surface area contributed by atoms with E-state index in [0.29, 0.717) is 22.5 Å². The van der Waals surface area contributed by atoms with Crippen molar-refractivity contribution in [1.29, 1.82) is 0 Å². The maximum absolute atomic E-state index is 12.1. The van der Waals surface area contributed by atoms with E-state index >= 15 is 0 Å². The second kappa shape index (κ2) is 4.24. The maximum Gasteiger partial charge on any atom is 0.261 e. The third-order valence-electron chi connectivity index (χ3n) is 3.44. The van der Waals surface area contributed by atoms with Crippen LogP contribution in [0.25, 0.3) is 28.1 Å². The molecule has 0 saturated carbocycles. The molecule has 0 saturated heterocycles. The number of rotatable bonds is 1. The van der Waals surface area contributed by atoms with Crippen molar-refractivity contribution in [1.82, 2.24) is 24.1 Å². The van der Waals surface area contributed by atoms with E-state index in [1.165, 1.54) is 4.57 Å². The molecule has 4 rings (SSSR count). The first-order valence-corrected chi connectivity index (χ1v) is 6.50. The number of nitrogens with zero attached hydrogens (tertiary/aromatic N) is 5. The Bertz CT molecular complexity index is 1020. The molecule has 21 heavy (non-hydrogen) atoms. The van der Waals surface area contributed by atoms with Gasteiger partial charge in [-0.3, -0.25) is 4.79 Å². The highest BCUT2D eigenvalue weighted by atomic mass is 16.1. The molecule has 6 nitrogen and oxygen atoms in total. The summed E-state index contributed by atoms with van der Waals surface area (Å²) in [5.41, 5.74) is 1.52. The standard InChI is InChI=1S/C15H11N5O/c1-19-8-7-12-11(14(19)21)9-16-15-17-13(18-20(12)15)10-5-3-2-4-6-10/h2-9H,1H3. The Morgan fingerprint density at radius 3 is 2.71 bits per heavy atom. The molecule has 3 aromatic heterocycles. The van der Waals surface area contributed by atoms with Crippen molar-refractivity contribution in [2.24, 2.45) is 7.05 Å². The van der Waals surface area contributed by atoms with Crippen molar-refractivity contribution < 1.29 is 0 Å². The highest BCUT2D eigenvalue weighted by molar-refractivity contribution is 5.79. The summed E-state index contributed by atoms with van der Waals surface area (Å²) in [6, 6.07) is 11.5. The first-order valence-electron chi connectivity index (χ1n) is 6.50. The van der Waals surface area contributed by atoms with Gasteiger partial charge < -0.3 is 4.57 Å². The predicted octanol–water partition coefficient (Wildman–Crippen LogP) is 1.64. The molecule has 4 aromatic rings. The average molecular weight is 277 g/mol. The number of hydrogen-bond donors (Lipinski definition) is 0. The lowest BCUT2D eigenvalue weighted by Crippen LogP contribution is -2.16. The Hall–Kier alpha value is -3.02. The Balaban J connectivity index is 2.06. The van der Waals surface area contributed by atoms with Crippen molar-refractivity contribution in [2.75, 3.05) is 0 Å². The minimum Gasteiger partial charge on any atom is -0.318 e. The van der Waals surface area contributed by atoms with Crippen LogP contribution in [0.1, 0.15) is 0 Å². The zero-order chi connectivity index (χ0) is 14.4. The van der Waals surface area contributed by atoms with E-state index in [-0.39, 0.29) is 5.56 Å².